The van der Waals surface area contributed by atoms with E-state index in [4.69, 9.17) is 9.26 Å². The van der Waals surface area contributed by atoms with E-state index >= 15 is 0 Å². The first-order valence-electron chi connectivity index (χ1n) is 8.72. The summed E-state index contributed by atoms with van der Waals surface area (Å²) in [6.45, 7) is 6.67. The van der Waals surface area contributed by atoms with Gasteiger partial charge in [-0.25, -0.2) is 0 Å². The van der Waals surface area contributed by atoms with Crippen LogP contribution in [-0.4, -0.2) is 34.1 Å². The standard InChI is InChI=1S/C21H21N3O3/c1-3-13-26-18-12-8-11-17(14-18)21(25)24(4-2)15-19-22-20(23-27-19)16-9-6-5-7-10-16/h3,5-12,14H,1,4,13,15H2,2H3. The fourth-order valence-corrected chi connectivity index (χ4v) is 2.57. The first-order valence-corrected chi connectivity index (χ1v) is 8.72. The van der Waals surface area contributed by atoms with Crippen LogP contribution >= 0.6 is 0 Å². The molecule has 1 aromatic heterocycles. The number of carbonyl (C=O) groups is 1. The van der Waals surface area contributed by atoms with E-state index in [1.165, 1.54) is 0 Å². The maximum absolute atomic E-state index is 12.8. The number of amides is 1. The van der Waals surface area contributed by atoms with Crippen LogP contribution < -0.4 is 4.74 Å². The minimum atomic E-state index is -0.124. The van der Waals surface area contributed by atoms with Gasteiger partial charge in [-0.3, -0.25) is 4.79 Å². The molecule has 0 spiro atoms. The summed E-state index contributed by atoms with van der Waals surface area (Å²) < 4.78 is 10.8. The molecular weight excluding hydrogens is 342 g/mol. The number of nitrogens with zero attached hydrogens (tertiary/aromatic N) is 3. The van der Waals surface area contributed by atoms with Crippen molar-refractivity contribution < 1.29 is 14.1 Å². The fraction of sp³-hybridized carbons (Fsp3) is 0.190. The van der Waals surface area contributed by atoms with Crippen molar-refractivity contribution in [2.24, 2.45) is 0 Å². The lowest BCUT2D eigenvalue weighted by Gasteiger charge is -2.19. The van der Waals surface area contributed by atoms with E-state index < -0.39 is 0 Å². The van der Waals surface area contributed by atoms with Crippen molar-refractivity contribution in [2.75, 3.05) is 13.2 Å². The van der Waals surface area contributed by atoms with E-state index in [2.05, 4.69) is 16.7 Å². The zero-order valence-electron chi connectivity index (χ0n) is 15.2. The van der Waals surface area contributed by atoms with Gasteiger partial charge in [0.05, 0.1) is 0 Å². The minimum Gasteiger partial charge on any atom is -0.490 e. The zero-order valence-corrected chi connectivity index (χ0v) is 15.2. The van der Waals surface area contributed by atoms with Crippen LogP contribution in [0.25, 0.3) is 11.4 Å². The highest BCUT2D eigenvalue weighted by Crippen LogP contribution is 2.18. The Morgan fingerprint density at radius 2 is 2.04 bits per heavy atom. The van der Waals surface area contributed by atoms with Crippen LogP contribution in [0.4, 0.5) is 0 Å². The monoisotopic (exact) mass is 363 g/mol. The SMILES string of the molecule is C=CCOc1cccc(C(=O)N(CC)Cc2nc(-c3ccccc3)no2)c1. The normalized spacial score (nSPS) is 10.4. The molecule has 0 bridgehead atoms. The lowest BCUT2D eigenvalue weighted by Crippen LogP contribution is -2.30. The van der Waals surface area contributed by atoms with Gasteiger partial charge in [0, 0.05) is 17.7 Å². The van der Waals surface area contributed by atoms with Gasteiger partial charge in [0.1, 0.15) is 18.9 Å². The summed E-state index contributed by atoms with van der Waals surface area (Å²) in [4.78, 5) is 18.9. The van der Waals surface area contributed by atoms with Crippen LogP contribution in [0.3, 0.4) is 0 Å². The van der Waals surface area contributed by atoms with Crippen LogP contribution in [-0.2, 0) is 6.54 Å². The molecule has 138 valence electrons. The number of carbonyl (C=O) groups excluding carboxylic acids is 1. The average Bonchev–Trinajstić information content (AvgIpc) is 3.19. The molecule has 1 heterocycles. The van der Waals surface area contributed by atoms with E-state index in [0.29, 0.717) is 36.2 Å². The molecule has 6 heteroatoms. The maximum atomic E-state index is 12.8. The molecule has 0 aliphatic heterocycles. The second-order valence-corrected chi connectivity index (χ2v) is 5.82. The first-order chi connectivity index (χ1) is 13.2. The van der Waals surface area contributed by atoms with Gasteiger partial charge in [0.25, 0.3) is 5.91 Å². The molecular formula is C21H21N3O3. The Morgan fingerprint density at radius 3 is 2.78 bits per heavy atom. The van der Waals surface area contributed by atoms with Crippen molar-refractivity contribution in [1.29, 1.82) is 0 Å². The topological polar surface area (TPSA) is 68.5 Å². The second-order valence-electron chi connectivity index (χ2n) is 5.82. The van der Waals surface area contributed by atoms with Crippen molar-refractivity contribution >= 4 is 5.91 Å². The summed E-state index contributed by atoms with van der Waals surface area (Å²) in [5.41, 5.74) is 1.41. The zero-order chi connectivity index (χ0) is 19.1. The summed E-state index contributed by atoms with van der Waals surface area (Å²) in [6, 6.07) is 16.6. The highest BCUT2D eigenvalue weighted by atomic mass is 16.5. The third-order valence-electron chi connectivity index (χ3n) is 3.94. The van der Waals surface area contributed by atoms with Gasteiger partial charge in [-0.05, 0) is 25.1 Å². The molecule has 3 aromatic rings. The Morgan fingerprint density at radius 1 is 1.22 bits per heavy atom. The number of aromatic nitrogens is 2. The van der Waals surface area contributed by atoms with Gasteiger partial charge in [-0.15, -0.1) is 0 Å². The highest BCUT2D eigenvalue weighted by Gasteiger charge is 2.18. The summed E-state index contributed by atoms with van der Waals surface area (Å²) in [5.74, 6) is 1.40. The van der Waals surface area contributed by atoms with Crippen LogP contribution in [0.5, 0.6) is 5.75 Å². The predicted molar refractivity (Wildman–Crippen MR) is 102 cm³/mol. The van der Waals surface area contributed by atoms with E-state index in [9.17, 15) is 4.79 Å². The van der Waals surface area contributed by atoms with Gasteiger partial charge in [0.2, 0.25) is 11.7 Å². The Kier molecular flexibility index (Phi) is 5.99. The maximum Gasteiger partial charge on any atom is 0.254 e. The van der Waals surface area contributed by atoms with Crippen molar-refractivity contribution in [2.45, 2.75) is 13.5 Å². The predicted octanol–water partition coefficient (Wildman–Crippen LogP) is 3.96. The lowest BCUT2D eigenvalue weighted by molar-refractivity contribution is 0.0734. The lowest BCUT2D eigenvalue weighted by atomic mass is 10.2. The number of benzene rings is 2. The minimum absolute atomic E-state index is 0.124. The molecule has 0 saturated carbocycles. The quantitative estimate of drug-likeness (QED) is 0.567. The van der Waals surface area contributed by atoms with Crippen molar-refractivity contribution in [3.8, 4) is 17.1 Å². The summed E-state index contributed by atoms with van der Waals surface area (Å²) >= 11 is 0. The molecule has 0 aliphatic carbocycles. The molecule has 1 amide bonds. The average molecular weight is 363 g/mol. The van der Waals surface area contributed by atoms with Crippen LogP contribution in [0.2, 0.25) is 0 Å². The summed E-state index contributed by atoms with van der Waals surface area (Å²) in [7, 11) is 0. The molecule has 0 unspecified atom stereocenters. The molecule has 0 fully saturated rings. The molecule has 0 radical (unpaired) electrons. The van der Waals surface area contributed by atoms with Gasteiger partial charge >= 0.3 is 0 Å². The number of hydrogen-bond acceptors (Lipinski definition) is 5. The molecule has 2 aromatic carbocycles. The van der Waals surface area contributed by atoms with Crippen LogP contribution in [0.15, 0.2) is 71.8 Å². The van der Waals surface area contributed by atoms with Gasteiger partial charge in [-0.1, -0.05) is 54.2 Å². The summed E-state index contributed by atoms with van der Waals surface area (Å²) in [6.07, 6.45) is 1.66. The third kappa shape index (κ3) is 4.61. The largest absolute Gasteiger partial charge is 0.490 e. The second kappa shape index (κ2) is 8.80. The Labute approximate surface area is 158 Å². The third-order valence-corrected chi connectivity index (χ3v) is 3.94. The van der Waals surface area contributed by atoms with Crippen LogP contribution in [0, 0.1) is 0 Å². The Balaban J connectivity index is 1.73. The highest BCUT2D eigenvalue weighted by molar-refractivity contribution is 5.94. The molecule has 0 atom stereocenters. The van der Waals surface area contributed by atoms with Crippen molar-refractivity contribution in [3.63, 3.8) is 0 Å². The number of ether oxygens (including phenoxy) is 1. The molecule has 6 nitrogen and oxygen atoms in total. The number of rotatable bonds is 8. The van der Waals surface area contributed by atoms with E-state index in [-0.39, 0.29) is 12.5 Å². The van der Waals surface area contributed by atoms with Crippen molar-refractivity contribution in [1.82, 2.24) is 15.0 Å². The fourth-order valence-electron chi connectivity index (χ4n) is 2.57. The number of hydrogen-bond donors (Lipinski definition) is 0. The van der Waals surface area contributed by atoms with Gasteiger partial charge in [-0.2, -0.15) is 4.98 Å². The van der Waals surface area contributed by atoms with Gasteiger partial charge in [0.15, 0.2) is 0 Å². The molecule has 27 heavy (non-hydrogen) atoms. The smallest absolute Gasteiger partial charge is 0.254 e. The van der Waals surface area contributed by atoms with Crippen LogP contribution in [0.1, 0.15) is 23.2 Å². The van der Waals surface area contributed by atoms with E-state index in [1.807, 2.05) is 37.3 Å². The Hall–Kier alpha value is -3.41. The van der Waals surface area contributed by atoms with Crippen molar-refractivity contribution in [3.05, 3.63) is 78.7 Å². The van der Waals surface area contributed by atoms with E-state index in [0.717, 1.165) is 5.56 Å². The van der Waals surface area contributed by atoms with Gasteiger partial charge < -0.3 is 14.2 Å². The first kappa shape index (κ1) is 18.4. The molecule has 3 rings (SSSR count). The Bertz CT molecular complexity index is 906. The summed E-state index contributed by atoms with van der Waals surface area (Å²) in [5, 5.41) is 4.00. The molecule has 0 saturated heterocycles. The van der Waals surface area contributed by atoms with E-state index in [1.54, 1.807) is 35.2 Å². The molecule has 0 aliphatic rings. The molecule has 0 N–H and O–H groups in total.